The largest absolute Gasteiger partial charge is 0.299 e. The van der Waals surface area contributed by atoms with Gasteiger partial charge in [0.1, 0.15) is 5.78 Å². The molecular formula is C30H35NO. The van der Waals surface area contributed by atoms with Gasteiger partial charge in [0.05, 0.1) is 0 Å². The zero-order chi connectivity index (χ0) is 23.8. The topological polar surface area (TPSA) is 30.0 Å². The van der Waals surface area contributed by atoms with E-state index in [4.69, 9.17) is 0 Å². The molecule has 2 aromatic carbocycles. The van der Waals surface area contributed by atoms with E-state index in [2.05, 4.69) is 68.6 Å². The Morgan fingerprint density at radius 3 is 2.25 bits per heavy atom. The van der Waals surface area contributed by atoms with E-state index in [-0.39, 0.29) is 5.78 Å². The quantitative estimate of drug-likeness (QED) is 0.401. The van der Waals surface area contributed by atoms with Crippen molar-refractivity contribution in [1.29, 1.82) is 0 Å². The summed E-state index contributed by atoms with van der Waals surface area (Å²) < 4.78 is 0. The van der Waals surface area contributed by atoms with E-state index >= 15 is 0 Å². The van der Waals surface area contributed by atoms with Crippen LogP contribution in [0.5, 0.6) is 0 Å². The molecule has 0 radical (unpaired) electrons. The summed E-state index contributed by atoms with van der Waals surface area (Å²) in [6, 6.07) is 18.5. The van der Waals surface area contributed by atoms with Crippen molar-refractivity contribution in [2.75, 3.05) is 0 Å². The van der Waals surface area contributed by atoms with Gasteiger partial charge in [-0.05, 0) is 60.6 Å². The highest BCUT2D eigenvalue weighted by atomic mass is 16.1. The summed E-state index contributed by atoms with van der Waals surface area (Å²) in [6.07, 6.45) is 11.0. The minimum Gasteiger partial charge on any atom is -0.299 e. The predicted octanol–water partition coefficient (Wildman–Crippen LogP) is 7.30. The lowest BCUT2D eigenvalue weighted by molar-refractivity contribution is -0.118. The Kier molecular flexibility index (Phi) is 12.7. The van der Waals surface area contributed by atoms with Crippen molar-refractivity contribution in [3.05, 3.63) is 133 Å². The predicted molar refractivity (Wildman–Crippen MR) is 139 cm³/mol. The fourth-order valence-electron chi connectivity index (χ4n) is 3.31. The number of allylic oxidation sites excluding steroid dienone is 1. The summed E-state index contributed by atoms with van der Waals surface area (Å²) in [6.45, 7) is 16.2. The van der Waals surface area contributed by atoms with Crippen LogP contribution in [0.2, 0.25) is 0 Å². The van der Waals surface area contributed by atoms with Crippen LogP contribution in [0.15, 0.2) is 99.4 Å². The Balaban J connectivity index is 0.000000308. The fraction of sp³-hybridized carbons (Fsp3) is 0.200. The normalized spacial score (nSPS) is 10.3. The number of ketones is 1. The molecule has 0 atom stereocenters. The number of hydrogen-bond donors (Lipinski definition) is 0. The van der Waals surface area contributed by atoms with E-state index in [1.807, 2.05) is 49.5 Å². The molecule has 2 heteroatoms. The van der Waals surface area contributed by atoms with Crippen LogP contribution in [-0.4, -0.2) is 10.8 Å². The average Bonchev–Trinajstić information content (AvgIpc) is 3.33. The van der Waals surface area contributed by atoms with Gasteiger partial charge in [-0.1, -0.05) is 66.2 Å². The van der Waals surface area contributed by atoms with Crippen LogP contribution in [0, 0.1) is 13.8 Å². The molecule has 0 amide bonds. The van der Waals surface area contributed by atoms with Crippen LogP contribution in [-0.2, 0) is 24.1 Å². The van der Waals surface area contributed by atoms with Gasteiger partial charge >= 0.3 is 0 Å². The van der Waals surface area contributed by atoms with Gasteiger partial charge in [0.2, 0.25) is 0 Å². The first-order valence-corrected chi connectivity index (χ1v) is 10.8. The molecule has 0 bridgehead atoms. The van der Waals surface area contributed by atoms with Gasteiger partial charge < -0.3 is 0 Å². The van der Waals surface area contributed by atoms with E-state index in [1.165, 1.54) is 22.3 Å². The summed E-state index contributed by atoms with van der Waals surface area (Å²) in [5, 5.41) is 0. The molecule has 1 aromatic heterocycles. The molecule has 0 fully saturated rings. The van der Waals surface area contributed by atoms with E-state index in [0.717, 1.165) is 24.0 Å². The molecule has 3 aromatic rings. The monoisotopic (exact) mass is 425 g/mol. The Morgan fingerprint density at radius 1 is 0.906 bits per heavy atom. The molecule has 2 nitrogen and oxygen atoms in total. The van der Waals surface area contributed by atoms with Crippen LogP contribution in [0.4, 0.5) is 0 Å². The molecule has 1 heterocycles. The SMILES string of the molecule is C=C.C=C.Cc1ccc(CC(=O)CCc2cccnc2)cc1.Cc1cccc2c1C=CC2. The number of Topliss-reactive ketones (excluding diaryl/α,β-unsaturated/α-hetero) is 1. The summed E-state index contributed by atoms with van der Waals surface area (Å²) >= 11 is 0. The molecule has 0 saturated heterocycles. The van der Waals surface area contributed by atoms with E-state index in [9.17, 15) is 4.79 Å². The Morgan fingerprint density at radius 2 is 1.62 bits per heavy atom. The highest BCUT2D eigenvalue weighted by Gasteiger charge is 2.05. The van der Waals surface area contributed by atoms with Gasteiger partial charge in [-0.15, -0.1) is 26.3 Å². The Labute approximate surface area is 194 Å². The first-order chi connectivity index (χ1) is 15.6. The minimum atomic E-state index is 0.280. The molecule has 1 aliphatic carbocycles. The van der Waals surface area contributed by atoms with Crippen molar-refractivity contribution in [3.63, 3.8) is 0 Å². The zero-order valence-electron chi connectivity index (χ0n) is 19.5. The molecule has 0 spiro atoms. The van der Waals surface area contributed by atoms with E-state index in [1.54, 1.807) is 6.20 Å². The molecular weight excluding hydrogens is 390 g/mol. The Hall–Kier alpha value is -3.52. The zero-order valence-corrected chi connectivity index (χ0v) is 19.5. The summed E-state index contributed by atoms with van der Waals surface area (Å²) in [5.74, 6) is 0.280. The van der Waals surface area contributed by atoms with E-state index < -0.39 is 0 Å². The first-order valence-electron chi connectivity index (χ1n) is 10.8. The third-order valence-corrected chi connectivity index (χ3v) is 4.97. The second-order valence-electron chi connectivity index (χ2n) is 7.32. The third kappa shape index (κ3) is 9.09. The second kappa shape index (κ2) is 15.3. The fourth-order valence-corrected chi connectivity index (χ4v) is 3.31. The maximum Gasteiger partial charge on any atom is 0.137 e. The van der Waals surface area contributed by atoms with Gasteiger partial charge in [0.15, 0.2) is 0 Å². The number of hydrogen-bond acceptors (Lipinski definition) is 2. The van der Waals surface area contributed by atoms with Gasteiger partial charge in [0, 0.05) is 25.2 Å². The summed E-state index contributed by atoms with van der Waals surface area (Å²) in [4.78, 5) is 15.9. The van der Waals surface area contributed by atoms with Gasteiger partial charge in [-0.2, -0.15) is 0 Å². The molecule has 0 saturated carbocycles. The first kappa shape index (κ1) is 26.5. The number of carbonyl (C=O) groups excluding carboxylic acids is 1. The van der Waals surface area contributed by atoms with Crippen molar-refractivity contribution in [2.45, 2.75) is 39.5 Å². The second-order valence-corrected chi connectivity index (χ2v) is 7.32. The van der Waals surface area contributed by atoms with Crippen molar-refractivity contribution in [2.24, 2.45) is 0 Å². The number of carbonyl (C=O) groups is 1. The lowest BCUT2D eigenvalue weighted by atomic mass is 10.0. The molecule has 1 aliphatic rings. The van der Waals surface area contributed by atoms with Crippen molar-refractivity contribution in [1.82, 2.24) is 4.98 Å². The number of aromatic nitrogens is 1. The lowest BCUT2D eigenvalue weighted by Gasteiger charge is -2.02. The molecule has 0 aliphatic heterocycles. The van der Waals surface area contributed by atoms with Crippen molar-refractivity contribution < 1.29 is 4.79 Å². The van der Waals surface area contributed by atoms with Crippen LogP contribution < -0.4 is 0 Å². The number of benzene rings is 2. The van der Waals surface area contributed by atoms with Crippen molar-refractivity contribution >= 4 is 11.9 Å². The van der Waals surface area contributed by atoms with E-state index in [0.29, 0.717) is 12.8 Å². The molecule has 166 valence electrons. The van der Waals surface area contributed by atoms with Crippen LogP contribution >= 0.6 is 0 Å². The maximum atomic E-state index is 11.9. The van der Waals surface area contributed by atoms with Gasteiger partial charge in [0.25, 0.3) is 0 Å². The molecule has 32 heavy (non-hydrogen) atoms. The maximum absolute atomic E-state index is 11.9. The number of fused-ring (bicyclic) bond motifs is 1. The highest BCUT2D eigenvalue weighted by Crippen LogP contribution is 2.21. The minimum absolute atomic E-state index is 0.280. The summed E-state index contributed by atoms with van der Waals surface area (Å²) in [5.41, 5.74) is 7.74. The van der Waals surface area contributed by atoms with Crippen LogP contribution in [0.1, 0.15) is 39.8 Å². The van der Waals surface area contributed by atoms with Crippen LogP contribution in [0.3, 0.4) is 0 Å². The molecule has 0 N–H and O–H groups in total. The Bertz CT molecular complexity index is 969. The smallest absolute Gasteiger partial charge is 0.137 e. The molecule has 4 rings (SSSR count). The lowest BCUT2D eigenvalue weighted by Crippen LogP contribution is -2.04. The number of pyridine rings is 1. The highest BCUT2D eigenvalue weighted by molar-refractivity contribution is 5.81. The van der Waals surface area contributed by atoms with Crippen LogP contribution in [0.25, 0.3) is 6.08 Å². The standard InChI is InChI=1S/C16H17NO.C10H10.2C2H4/c1-13-4-6-14(7-5-13)11-16(18)9-8-15-3-2-10-17-12-15;1-8-4-2-5-9-6-3-7-10(8)9;2*1-2/h2-7,10,12H,8-9,11H2,1H3;2-5,7H,6H2,1H3;2*1-2H2. The molecule has 0 unspecified atom stereocenters. The number of aryl methyl sites for hydroxylation is 3. The third-order valence-electron chi connectivity index (χ3n) is 4.97. The van der Waals surface area contributed by atoms with Gasteiger partial charge in [-0.25, -0.2) is 0 Å². The number of rotatable bonds is 5. The van der Waals surface area contributed by atoms with Gasteiger partial charge in [-0.3, -0.25) is 9.78 Å². The average molecular weight is 426 g/mol. The number of nitrogens with zero attached hydrogens (tertiary/aromatic N) is 1. The summed E-state index contributed by atoms with van der Waals surface area (Å²) in [7, 11) is 0. The van der Waals surface area contributed by atoms with Crippen molar-refractivity contribution in [3.8, 4) is 0 Å².